The van der Waals surface area contributed by atoms with E-state index in [1.54, 1.807) is 32.4 Å². The molecule has 7 nitrogen and oxygen atoms in total. The maximum absolute atomic E-state index is 12.4. The highest BCUT2D eigenvalue weighted by atomic mass is 16.5. The fourth-order valence-electron chi connectivity index (χ4n) is 2.37. The maximum Gasteiger partial charge on any atom is 0.270 e. The minimum atomic E-state index is -0.366. The molecule has 27 heavy (non-hydrogen) atoms. The lowest BCUT2D eigenvalue weighted by Gasteiger charge is -2.20. The molecule has 0 saturated carbocycles. The molecule has 0 aliphatic carbocycles. The molecule has 144 valence electrons. The van der Waals surface area contributed by atoms with Crippen LogP contribution in [0.2, 0.25) is 0 Å². The molecule has 2 amide bonds. The number of hydrogen-bond donors (Lipinski definition) is 2. The Morgan fingerprint density at radius 2 is 1.70 bits per heavy atom. The predicted molar refractivity (Wildman–Crippen MR) is 102 cm³/mol. The van der Waals surface area contributed by atoms with Crippen molar-refractivity contribution in [1.29, 1.82) is 0 Å². The second kappa shape index (κ2) is 8.53. The van der Waals surface area contributed by atoms with Gasteiger partial charge < -0.3 is 20.1 Å². The smallest absolute Gasteiger partial charge is 0.270 e. The average molecular weight is 371 g/mol. The summed E-state index contributed by atoms with van der Waals surface area (Å²) in [6, 6.07) is 8.45. The summed E-state index contributed by atoms with van der Waals surface area (Å²) < 4.78 is 10.5. The van der Waals surface area contributed by atoms with Gasteiger partial charge in [0.2, 0.25) is 0 Å². The molecule has 0 spiro atoms. The van der Waals surface area contributed by atoms with Gasteiger partial charge in [-0.15, -0.1) is 0 Å². The lowest BCUT2D eigenvalue weighted by molar-refractivity contribution is 0.0919. The third-order valence-electron chi connectivity index (χ3n) is 3.64. The fourth-order valence-corrected chi connectivity index (χ4v) is 2.37. The summed E-state index contributed by atoms with van der Waals surface area (Å²) in [5.41, 5.74) is 1.05. The first-order chi connectivity index (χ1) is 12.7. The van der Waals surface area contributed by atoms with Gasteiger partial charge in [-0.1, -0.05) is 6.07 Å². The number of amides is 2. The molecule has 1 heterocycles. The van der Waals surface area contributed by atoms with Crippen molar-refractivity contribution in [1.82, 2.24) is 15.6 Å². The number of methoxy groups -OCH3 is 2. The second-order valence-corrected chi connectivity index (χ2v) is 7.01. The molecule has 0 fully saturated rings. The Labute approximate surface area is 159 Å². The number of ether oxygens (including phenoxy) is 2. The fraction of sp³-hybridized carbons (Fsp3) is 0.350. The number of carbonyl (C=O) groups is 2. The number of benzene rings is 1. The molecule has 0 bridgehead atoms. The highest BCUT2D eigenvalue weighted by Gasteiger charge is 2.17. The third-order valence-corrected chi connectivity index (χ3v) is 3.64. The van der Waals surface area contributed by atoms with Crippen LogP contribution < -0.4 is 20.1 Å². The summed E-state index contributed by atoms with van der Waals surface area (Å²) in [5.74, 6) is 0.587. The van der Waals surface area contributed by atoms with Crippen molar-refractivity contribution in [3.8, 4) is 11.5 Å². The second-order valence-electron chi connectivity index (χ2n) is 7.01. The zero-order chi connectivity index (χ0) is 20.0. The van der Waals surface area contributed by atoms with Crippen LogP contribution in [0.25, 0.3) is 0 Å². The van der Waals surface area contributed by atoms with Gasteiger partial charge in [0.1, 0.15) is 5.69 Å². The van der Waals surface area contributed by atoms with Gasteiger partial charge in [-0.25, -0.2) is 0 Å². The molecule has 7 heteroatoms. The summed E-state index contributed by atoms with van der Waals surface area (Å²) in [4.78, 5) is 28.7. The van der Waals surface area contributed by atoms with Crippen molar-refractivity contribution in [3.05, 3.63) is 53.3 Å². The van der Waals surface area contributed by atoms with Crippen LogP contribution >= 0.6 is 0 Å². The molecular weight excluding hydrogens is 346 g/mol. The molecule has 2 aromatic rings. The van der Waals surface area contributed by atoms with Gasteiger partial charge in [0, 0.05) is 23.8 Å². The summed E-state index contributed by atoms with van der Waals surface area (Å²) in [5, 5.41) is 5.65. The number of pyridine rings is 1. The zero-order valence-electron chi connectivity index (χ0n) is 16.3. The minimum Gasteiger partial charge on any atom is -0.493 e. The van der Waals surface area contributed by atoms with Crippen molar-refractivity contribution in [3.63, 3.8) is 0 Å². The van der Waals surface area contributed by atoms with Crippen molar-refractivity contribution < 1.29 is 19.1 Å². The van der Waals surface area contributed by atoms with Crippen molar-refractivity contribution in [2.75, 3.05) is 14.2 Å². The van der Waals surface area contributed by atoms with E-state index in [-0.39, 0.29) is 23.0 Å². The van der Waals surface area contributed by atoms with Crippen LogP contribution in [0.1, 0.15) is 47.2 Å². The van der Waals surface area contributed by atoms with E-state index in [9.17, 15) is 9.59 Å². The number of aromatic nitrogens is 1. The van der Waals surface area contributed by atoms with E-state index < -0.39 is 0 Å². The normalized spacial score (nSPS) is 10.9. The van der Waals surface area contributed by atoms with Gasteiger partial charge in [-0.2, -0.15) is 0 Å². The minimum absolute atomic E-state index is 0.178. The van der Waals surface area contributed by atoms with Gasteiger partial charge in [-0.05, 0) is 50.6 Å². The Hall–Kier alpha value is -3.09. The molecule has 0 unspecified atom stereocenters. The molecule has 0 aliphatic rings. The van der Waals surface area contributed by atoms with Crippen molar-refractivity contribution in [2.45, 2.75) is 32.9 Å². The van der Waals surface area contributed by atoms with Crippen molar-refractivity contribution in [2.24, 2.45) is 0 Å². The monoisotopic (exact) mass is 371 g/mol. The van der Waals surface area contributed by atoms with E-state index in [0.717, 1.165) is 5.56 Å². The Morgan fingerprint density at radius 3 is 2.33 bits per heavy atom. The molecule has 2 rings (SSSR count). The summed E-state index contributed by atoms with van der Waals surface area (Å²) in [6.45, 7) is 5.97. The van der Waals surface area contributed by atoms with Crippen LogP contribution in [0, 0.1) is 0 Å². The lowest BCUT2D eigenvalue weighted by atomic mass is 10.1. The van der Waals surface area contributed by atoms with Crippen LogP contribution in [0.4, 0.5) is 0 Å². The number of rotatable bonds is 6. The summed E-state index contributed by atoms with van der Waals surface area (Å²) in [6.07, 6.45) is 1.45. The van der Waals surface area contributed by atoms with Crippen LogP contribution in [0.5, 0.6) is 11.5 Å². The molecule has 1 aromatic carbocycles. The number of carbonyl (C=O) groups excluding carboxylic acids is 2. The molecule has 0 aliphatic heterocycles. The number of hydrogen-bond acceptors (Lipinski definition) is 5. The highest BCUT2D eigenvalue weighted by molar-refractivity contribution is 5.98. The Balaban J connectivity index is 2.06. The molecule has 0 saturated heterocycles. The van der Waals surface area contributed by atoms with Crippen molar-refractivity contribution >= 4 is 11.8 Å². The first-order valence-corrected chi connectivity index (χ1v) is 8.51. The largest absolute Gasteiger partial charge is 0.493 e. The van der Waals surface area contributed by atoms with Crippen LogP contribution in [-0.2, 0) is 6.54 Å². The topological polar surface area (TPSA) is 89.5 Å². The van der Waals surface area contributed by atoms with Crippen LogP contribution in [0.3, 0.4) is 0 Å². The Kier molecular flexibility index (Phi) is 6.39. The highest BCUT2D eigenvalue weighted by Crippen LogP contribution is 2.27. The van der Waals surface area contributed by atoms with Gasteiger partial charge in [0.05, 0.1) is 14.2 Å². The van der Waals surface area contributed by atoms with Gasteiger partial charge in [-0.3, -0.25) is 14.6 Å². The maximum atomic E-state index is 12.4. The van der Waals surface area contributed by atoms with E-state index in [4.69, 9.17) is 9.47 Å². The molecule has 0 radical (unpaired) electrons. The van der Waals surface area contributed by atoms with E-state index in [0.29, 0.717) is 23.6 Å². The first-order valence-electron chi connectivity index (χ1n) is 8.51. The quantitative estimate of drug-likeness (QED) is 0.815. The lowest BCUT2D eigenvalue weighted by Crippen LogP contribution is -2.40. The molecule has 1 aromatic heterocycles. The zero-order valence-corrected chi connectivity index (χ0v) is 16.3. The van der Waals surface area contributed by atoms with Gasteiger partial charge >= 0.3 is 0 Å². The third kappa shape index (κ3) is 5.70. The van der Waals surface area contributed by atoms with E-state index in [1.807, 2.05) is 26.8 Å². The molecular formula is C20H25N3O4. The van der Waals surface area contributed by atoms with Crippen LogP contribution in [-0.4, -0.2) is 36.6 Å². The predicted octanol–water partition coefficient (Wildman–Crippen LogP) is 2.56. The summed E-state index contributed by atoms with van der Waals surface area (Å²) >= 11 is 0. The SMILES string of the molecule is COc1ccc(CNC(=O)c2cc(C(=O)NC(C)(C)C)ccn2)cc1OC. The van der Waals surface area contributed by atoms with Gasteiger partial charge in [0.25, 0.3) is 11.8 Å². The first kappa shape index (κ1) is 20.2. The molecule has 2 N–H and O–H groups in total. The number of nitrogens with zero attached hydrogens (tertiary/aromatic N) is 1. The van der Waals surface area contributed by atoms with E-state index in [1.165, 1.54) is 12.3 Å². The molecule has 0 atom stereocenters. The average Bonchev–Trinajstić information content (AvgIpc) is 2.64. The standard InChI is InChI=1S/C20H25N3O4/c1-20(2,3)23-18(24)14-8-9-21-15(11-14)19(25)22-12-13-6-7-16(26-4)17(10-13)27-5/h6-11H,12H2,1-5H3,(H,22,25)(H,23,24). The van der Waals surface area contributed by atoms with E-state index in [2.05, 4.69) is 15.6 Å². The Bertz CT molecular complexity index is 828. The van der Waals surface area contributed by atoms with Crippen LogP contribution in [0.15, 0.2) is 36.5 Å². The van der Waals surface area contributed by atoms with Gasteiger partial charge in [0.15, 0.2) is 11.5 Å². The van der Waals surface area contributed by atoms with E-state index >= 15 is 0 Å². The summed E-state index contributed by atoms with van der Waals surface area (Å²) in [7, 11) is 3.12. The number of nitrogens with one attached hydrogen (secondary N) is 2. The Morgan fingerprint density at radius 1 is 1.00 bits per heavy atom.